The highest BCUT2D eigenvalue weighted by Gasteiger charge is 2.42. The minimum atomic E-state index is -0.915. The fourth-order valence-electron chi connectivity index (χ4n) is 3.68. The Morgan fingerprint density at radius 2 is 1.94 bits per heavy atom. The topological polar surface area (TPSA) is 137 Å². The van der Waals surface area contributed by atoms with Crippen LogP contribution in [0.3, 0.4) is 0 Å². The van der Waals surface area contributed by atoms with Gasteiger partial charge in [0.1, 0.15) is 11.3 Å². The van der Waals surface area contributed by atoms with Crippen molar-refractivity contribution in [1.82, 2.24) is 0 Å². The van der Waals surface area contributed by atoms with E-state index >= 15 is 0 Å². The molecular formula is C22H26N4O5. The molecule has 1 aliphatic heterocycles. The van der Waals surface area contributed by atoms with Gasteiger partial charge < -0.3 is 15.8 Å². The summed E-state index contributed by atoms with van der Waals surface area (Å²) in [4.78, 5) is 35.8. The molecule has 2 aromatic rings. The average Bonchev–Trinajstić information content (AvgIpc) is 2.85. The highest BCUT2D eigenvalue weighted by molar-refractivity contribution is 6.07. The molecule has 2 aromatic carbocycles. The summed E-state index contributed by atoms with van der Waals surface area (Å²) >= 11 is 0. The molecule has 2 amide bonds. The summed E-state index contributed by atoms with van der Waals surface area (Å²) in [5, 5.41) is 17.0. The van der Waals surface area contributed by atoms with Crippen LogP contribution in [0.4, 0.5) is 27.5 Å². The molecule has 0 saturated carbocycles. The van der Waals surface area contributed by atoms with Crippen molar-refractivity contribution in [2.24, 2.45) is 0 Å². The van der Waals surface area contributed by atoms with Gasteiger partial charge in [-0.2, -0.15) is 0 Å². The maximum absolute atomic E-state index is 12.5. The van der Waals surface area contributed by atoms with Crippen molar-refractivity contribution in [1.29, 1.82) is 0 Å². The van der Waals surface area contributed by atoms with Crippen LogP contribution >= 0.6 is 0 Å². The summed E-state index contributed by atoms with van der Waals surface area (Å²) in [5.74, 6) is -0.260. The zero-order valence-corrected chi connectivity index (χ0v) is 18.2. The molecule has 0 bridgehead atoms. The molecule has 1 heterocycles. The molecule has 0 unspecified atom stereocenters. The molecule has 31 heavy (non-hydrogen) atoms. The third kappa shape index (κ3) is 4.30. The van der Waals surface area contributed by atoms with Crippen molar-refractivity contribution in [3.63, 3.8) is 0 Å². The number of hydrogen-bond donors (Lipinski definition) is 3. The van der Waals surface area contributed by atoms with Crippen LogP contribution in [-0.2, 0) is 21.4 Å². The molecule has 3 rings (SSSR count). The van der Waals surface area contributed by atoms with Gasteiger partial charge in [-0.15, -0.1) is 0 Å². The molecule has 164 valence electrons. The number of nitrogens with one attached hydrogen (secondary N) is 2. The Hall–Kier alpha value is -3.62. The first-order valence-electron chi connectivity index (χ1n) is 9.81. The lowest BCUT2D eigenvalue weighted by molar-refractivity contribution is -0.383. The quantitative estimate of drug-likeness (QED) is 0.378. The molecule has 0 atom stereocenters. The SMILES string of the molecule is CC(C)(C)OC(=O)Nc1ccccc1Cc1c(N)c([N+](=O)[O-])cc2c1C(C)(C)C(=O)N2. The number of nitrogen functional groups attached to an aromatic ring is 1. The van der Waals surface area contributed by atoms with Crippen LogP contribution in [0.15, 0.2) is 30.3 Å². The fourth-order valence-corrected chi connectivity index (χ4v) is 3.68. The summed E-state index contributed by atoms with van der Waals surface area (Å²) in [6, 6.07) is 8.34. The second-order valence-electron chi connectivity index (χ2n) is 9.01. The van der Waals surface area contributed by atoms with Crippen molar-refractivity contribution in [3.05, 3.63) is 57.1 Å². The third-order valence-electron chi connectivity index (χ3n) is 5.11. The molecule has 0 aliphatic carbocycles. The highest BCUT2D eigenvalue weighted by Crippen LogP contribution is 2.46. The average molecular weight is 426 g/mol. The number of nitrogens with two attached hydrogens (primary N) is 1. The van der Waals surface area contributed by atoms with E-state index in [1.54, 1.807) is 58.9 Å². The standard InChI is InChI=1S/C22H26N4O5/c1-21(2,3)31-20(28)25-14-9-7-6-8-12(14)10-13-17-15(24-19(27)22(17,4)5)11-16(18(13)23)26(29)30/h6-9,11H,10,23H2,1-5H3,(H,24,27)(H,25,28). The van der Waals surface area contributed by atoms with Crippen LogP contribution in [0.5, 0.6) is 0 Å². The monoisotopic (exact) mass is 426 g/mol. The van der Waals surface area contributed by atoms with E-state index < -0.39 is 22.0 Å². The molecule has 0 radical (unpaired) electrons. The number of carbonyl (C=O) groups excluding carboxylic acids is 2. The van der Waals surface area contributed by atoms with Crippen molar-refractivity contribution < 1.29 is 19.2 Å². The smallest absolute Gasteiger partial charge is 0.412 e. The number of hydrogen-bond acceptors (Lipinski definition) is 6. The molecule has 1 aliphatic rings. The van der Waals surface area contributed by atoms with Crippen LogP contribution < -0.4 is 16.4 Å². The number of para-hydroxylation sites is 1. The lowest BCUT2D eigenvalue weighted by Gasteiger charge is -2.22. The largest absolute Gasteiger partial charge is 0.444 e. The molecular weight excluding hydrogens is 400 g/mol. The van der Waals surface area contributed by atoms with Crippen molar-refractivity contribution in [2.75, 3.05) is 16.4 Å². The van der Waals surface area contributed by atoms with Gasteiger partial charge >= 0.3 is 6.09 Å². The van der Waals surface area contributed by atoms with E-state index in [0.29, 0.717) is 28.1 Å². The molecule has 0 spiro atoms. The van der Waals surface area contributed by atoms with Crippen LogP contribution in [-0.4, -0.2) is 22.5 Å². The minimum Gasteiger partial charge on any atom is -0.444 e. The molecule has 9 heteroatoms. The number of amides is 2. The van der Waals surface area contributed by atoms with Gasteiger partial charge in [0.2, 0.25) is 5.91 Å². The number of ether oxygens (including phenoxy) is 1. The van der Waals surface area contributed by atoms with Crippen LogP contribution in [0.1, 0.15) is 51.3 Å². The Bertz CT molecular complexity index is 1090. The van der Waals surface area contributed by atoms with Gasteiger partial charge in [-0.1, -0.05) is 18.2 Å². The first-order valence-corrected chi connectivity index (χ1v) is 9.81. The molecule has 0 aromatic heterocycles. The zero-order valence-electron chi connectivity index (χ0n) is 18.2. The summed E-state index contributed by atoms with van der Waals surface area (Å²) in [6.45, 7) is 8.77. The number of fused-ring (bicyclic) bond motifs is 1. The second-order valence-corrected chi connectivity index (χ2v) is 9.01. The minimum absolute atomic E-state index is 0.000367. The second kappa shape index (κ2) is 7.57. The Kier molecular flexibility index (Phi) is 5.39. The van der Waals surface area contributed by atoms with E-state index in [1.165, 1.54) is 6.07 Å². The number of nitrogens with zero attached hydrogens (tertiary/aromatic N) is 1. The van der Waals surface area contributed by atoms with Crippen molar-refractivity contribution >= 4 is 34.7 Å². The van der Waals surface area contributed by atoms with Crippen LogP contribution in [0.2, 0.25) is 0 Å². The molecule has 0 fully saturated rings. The highest BCUT2D eigenvalue weighted by atomic mass is 16.6. The van der Waals surface area contributed by atoms with Gasteiger partial charge in [-0.05, 0) is 57.4 Å². The first-order chi connectivity index (χ1) is 14.3. The Morgan fingerprint density at radius 1 is 1.29 bits per heavy atom. The number of rotatable bonds is 4. The maximum Gasteiger partial charge on any atom is 0.412 e. The number of nitro benzene ring substituents is 1. The van der Waals surface area contributed by atoms with E-state index in [4.69, 9.17) is 10.5 Å². The first kappa shape index (κ1) is 22.1. The van der Waals surface area contributed by atoms with Gasteiger partial charge in [0.25, 0.3) is 5.69 Å². The maximum atomic E-state index is 12.5. The Labute approximate surface area is 180 Å². The molecule has 0 saturated heterocycles. The number of benzene rings is 2. The van der Waals surface area contributed by atoms with Crippen molar-refractivity contribution in [3.8, 4) is 0 Å². The predicted octanol–water partition coefficient (Wildman–Crippen LogP) is 4.34. The summed E-state index contributed by atoms with van der Waals surface area (Å²) in [6.07, 6.45) is -0.436. The van der Waals surface area contributed by atoms with Gasteiger partial charge in [0, 0.05) is 18.2 Å². The van der Waals surface area contributed by atoms with E-state index in [1.807, 2.05) is 0 Å². The Balaban J connectivity index is 2.08. The van der Waals surface area contributed by atoms with Crippen LogP contribution in [0, 0.1) is 10.1 Å². The van der Waals surface area contributed by atoms with Gasteiger partial charge in [-0.3, -0.25) is 20.2 Å². The lowest BCUT2D eigenvalue weighted by Crippen LogP contribution is -2.28. The normalized spacial score (nSPS) is 14.5. The lowest BCUT2D eigenvalue weighted by atomic mass is 9.80. The molecule has 4 N–H and O–H groups in total. The van der Waals surface area contributed by atoms with E-state index in [0.717, 1.165) is 0 Å². The van der Waals surface area contributed by atoms with Gasteiger partial charge in [0.05, 0.1) is 16.0 Å². The fraction of sp³-hybridized carbons (Fsp3) is 0.364. The van der Waals surface area contributed by atoms with E-state index in [9.17, 15) is 19.7 Å². The van der Waals surface area contributed by atoms with E-state index in [-0.39, 0.29) is 23.7 Å². The van der Waals surface area contributed by atoms with E-state index in [2.05, 4.69) is 10.6 Å². The summed E-state index contributed by atoms with van der Waals surface area (Å²) in [7, 11) is 0. The zero-order chi connectivity index (χ0) is 23.1. The van der Waals surface area contributed by atoms with Crippen molar-refractivity contribution in [2.45, 2.75) is 52.1 Å². The Morgan fingerprint density at radius 3 is 2.55 bits per heavy atom. The predicted molar refractivity (Wildman–Crippen MR) is 118 cm³/mol. The number of anilines is 3. The number of nitro groups is 1. The third-order valence-corrected chi connectivity index (χ3v) is 5.11. The molecule has 9 nitrogen and oxygen atoms in total. The van der Waals surface area contributed by atoms with Crippen LogP contribution in [0.25, 0.3) is 0 Å². The number of carbonyl (C=O) groups is 2. The van der Waals surface area contributed by atoms with Gasteiger partial charge in [0.15, 0.2) is 0 Å². The summed E-state index contributed by atoms with van der Waals surface area (Å²) < 4.78 is 5.32. The summed E-state index contributed by atoms with van der Waals surface area (Å²) in [5.41, 5.74) is 7.00. The van der Waals surface area contributed by atoms with Gasteiger partial charge in [-0.25, -0.2) is 4.79 Å².